The molecule has 1 aromatic rings. The molecular formula is C8H11F3N2O. The molecule has 80 valence electrons. The largest absolute Gasteiger partial charge is 0.418 e. The number of hydrogen-bond donors (Lipinski definition) is 1. The van der Waals surface area contributed by atoms with E-state index in [0.29, 0.717) is 0 Å². The Morgan fingerprint density at radius 1 is 1.43 bits per heavy atom. The molecule has 0 aromatic carbocycles. The molecular weight excluding hydrogens is 197 g/mol. The Morgan fingerprint density at radius 2 is 2.00 bits per heavy atom. The van der Waals surface area contributed by atoms with Gasteiger partial charge in [-0.1, -0.05) is 0 Å². The number of nitrogens with zero attached hydrogens (tertiary/aromatic N) is 2. The third-order valence-corrected chi connectivity index (χ3v) is 1.78. The molecule has 0 aliphatic carbocycles. The number of halogens is 3. The minimum Gasteiger partial charge on any atom is -0.379 e. The molecule has 1 atom stereocenters. The Bertz CT molecular complexity index is 306. The smallest absolute Gasteiger partial charge is 0.379 e. The maximum absolute atomic E-state index is 12.1. The molecule has 1 N–H and O–H groups in total. The summed E-state index contributed by atoms with van der Waals surface area (Å²) in [6, 6.07) is -0.0239. The highest BCUT2D eigenvalue weighted by molar-refractivity contribution is 5.10. The van der Waals surface area contributed by atoms with Crippen LogP contribution in [0, 0.1) is 0 Å². The van der Waals surface area contributed by atoms with Crippen molar-refractivity contribution in [1.29, 1.82) is 0 Å². The summed E-state index contributed by atoms with van der Waals surface area (Å²) in [5.41, 5.74) is -0.230. The summed E-state index contributed by atoms with van der Waals surface area (Å²) in [7, 11) is 0. The van der Waals surface area contributed by atoms with E-state index in [9.17, 15) is 13.2 Å². The quantitative estimate of drug-likeness (QED) is 0.807. The van der Waals surface area contributed by atoms with E-state index in [1.54, 1.807) is 13.8 Å². The second-order valence-electron chi connectivity index (χ2n) is 3.29. The molecule has 0 saturated heterocycles. The summed E-state index contributed by atoms with van der Waals surface area (Å²) in [6.07, 6.45) is -4.86. The number of aromatic nitrogens is 2. The molecule has 1 aromatic heterocycles. The Hall–Kier alpha value is -1.04. The van der Waals surface area contributed by atoms with Crippen molar-refractivity contribution in [2.24, 2.45) is 0 Å². The van der Waals surface area contributed by atoms with Crippen LogP contribution in [-0.2, 0) is 0 Å². The van der Waals surface area contributed by atoms with Gasteiger partial charge in [-0.05, 0) is 13.8 Å². The normalized spacial score (nSPS) is 14.8. The van der Waals surface area contributed by atoms with Crippen LogP contribution >= 0.6 is 0 Å². The molecule has 0 aliphatic heterocycles. The van der Waals surface area contributed by atoms with E-state index in [-0.39, 0.29) is 11.6 Å². The highest BCUT2D eigenvalue weighted by Crippen LogP contribution is 2.32. The molecule has 1 rings (SSSR count). The average molecular weight is 208 g/mol. The summed E-state index contributed by atoms with van der Waals surface area (Å²) >= 11 is 0. The summed E-state index contributed by atoms with van der Waals surface area (Å²) < 4.78 is 37.5. The van der Waals surface area contributed by atoms with Crippen LogP contribution in [0.5, 0.6) is 0 Å². The summed E-state index contributed by atoms with van der Waals surface area (Å²) in [5.74, 6) is 0. The molecule has 14 heavy (non-hydrogen) atoms. The van der Waals surface area contributed by atoms with E-state index in [4.69, 9.17) is 5.11 Å². The zero-order valence-electron chi connectivity index (χ0n) is 7.78. The van der Waals surface area contributed by atoms with Gasteiger partial charge in [0.25, 0.3) is 0 Å². The highest BCUT2D eigenvalue weighted by atomic mass is 19.4. The van der Waals surface area contributed by atoms with Crippen molar-refractivity contribution < 1.29 is 18.3 Å². The third-order valence-electron chi connectivity index (χ3n) is 1.78. The van der Waals surface area contributed by atoms with E-state index in [1.807, 2.05) is 0 Å². The van der Waals surface area contributed by atoms with Crippen molar-refractivity contribution in [1.82, 2.24) is 9.78 Å². The van der Waals surface area contributed by atoms with Gasteiger partial charge in [0, 0.05) is 17.8 Å². The zero-order chi connectivity index (χ0) is 10.9. The maximum atomic E-state index is 12.1. The van der Waals surface area contributed by atoms with Crippen LogP contribution in [0.3, 0.4) is 0 Å². The molecule has 0 spiro atoms. The third kappa shape index (κ3) is 2.25. The number of hydrogen-bond acceptors (Lipinski definition) is 2. The first-order chi connectivity index (χ1) is 6.32. The van der Waals surface area contributed by atoms with Crippen LogP contribution < -0.4 is 0 Å². The van der Waals surface area contributed by atoms with Crippen molar-refractivity contribution in [2.75, 3.05) is 0 Å². The summed E-state index contributed by atoms with van der Waals surface area (Å²) in [6.45, 7) is 3.58. The fourth-order valence-corrected chi connectivity index (χ4v) is 0.965. The first-order valence-corrected chi connectivity index (χ1v) is 4.11. The lowest BCUT2D eigenvalue weighted by molar-refractivity contribution is -0.206. The number of rotatable bonds is 2. The molecule has 3 nitrogen and oxygen atoms in total. The Balaban J connectivity index is 2.87. The number of aliphatic hydroxyl groups is 1. The van der Waals surface area contributed by atoms with Crippen LogP contribution in [0.2, 0.25) is 0 Å². The van der Waals surface area contributed by atoms with Gasteiger partial charge in [-0.3, -0.25) is 4.68 Å². The highest BCUT2D eigenvalue weighted by Gasteiger charge is 2.40. The van der Waals surface area contributed by atoms with Crippen molar-refractivity contribution >= 4 is 0 Å². The molecule has 0 radical (unpaired) electrons. The molecule has 0 unspecified atom stereocenters. The predicted molar refractivity (Wildman–Crippen MR) is 43.6 cm³/mol. The van der Waals surface area contributed by atoms with Gasteiger partial charge in [-0.15, -0.1) is 0 Å². The Labute approximate surface area is 79.2 Å². The molecule has 0 bridgehead atoms. The number of aliphatic hydroxyl groups excluding tert-OH is 1. The van der Waals surface area contributed by atoms with Crippen molar-refractivity contribution in [2.45, 2.75) is 32.2 Å². The molecule has 0 saturated carbocycles. The first kappa shape index (κ1) is 11.0. The summed E-state index contributed by atoms with van der Waals surface area (Å²) in [4.78, 5) is 0. The molecule has 0 fully saturated rings. The van der Waals surface area contributed by atoms with Gasteiger partial charge in [-0.2, -0.15) is 18.3 Å². The molecule has 0 amide bonds. The van der Waals surface area contributed by atoms with Crippen LogP contribution in [0.25, 0.3) is 0 Å². The minimum absolute atomic E-state index is 0.0239. The van der Waals surface area contributed by atoms with Crippen molar-refractivity contribution in [3.05, 3.63) is 18.0 Å². The predicted octanol–water partition coefficient (Wildman–Crippen LogP) is 2.06. The van der Waals surface area contributed by atoms with Gasteiger partial charge in [0.2, 0.25) is 0 Å². The van der Waals surface area contributed by atoms with E-state index < -0.39 is 12.3 Å². The van der Waals surface area contributed by atoms with Crippen molar-refractivity contribution in [3.8, 4) is 0 Å². The van der Waals surface area contributed by atoms with Crippen molar-refractivity contribution in [3.63, 3.8) is 0 Å². The van der Waals surface area contributed by atoms with Crippen LogP contribution in [0.15, 0.2) is 12.4 Å². The minimum atomic E-state index is -4.63. The van der Waals surface area contributed by atoms with Crippen LogP contribution in [0.4, 0.5) is 13.2 Å². The maximum Gasteiger partial charge on any atom is 0.418 e. The zero-order valence-corrected chi connectivity index (χ0v) is 7.78. The van der Waals surface area contributed by atoms with Crippen LogP contribution in [0.1, 0.15) is 31.6 Å². The lowest BCUT2D eigenvalue weighted by Crippen LogP contribution is -2.19. The fraction of sp³-hybridized carbons (Fsp3) is 0.625. The molecule has 0 aliphatic rings. The van der Waals surface area contributed by atoms with E-state index in [2.05, 4.69) is 5.10 Å². The average Bonchev–Trinajstić information content (AvgIpc) is 2.48. The van der Waals surface area contributed by atoms with E-state index in [0.717, 1.165) is 6.20 Å². The van der Waals surface area contributed by atoms with E-state index >= 15 is 0 Å². The number of alkyl halides is 3. The lowest BCUT2D eigenvalue weighted by atomic mass is 10.2. The van der Waals surface area contributed by atoms with Gasteiger partial charge in [-0.25, -0.2) is 0 Å². The lowest BCUT2D eigenvalue weighted by Gasteiger charge is -2.12. The van der Waals surface area contributed by atoms with Gasteiger partial charge in [0.05, 0.1) is 6.20 Å². The Kier molecular flexibility index (Phi) is 2.84. The van der Waals surface area contributed by atoms with Gasteiger partial charge in [0.1, 0.15) is 0 Å². The van der Waals surface area contributed by atoms with Crippen LogP contribution in [-0.4, -0.2) is 21.1 Å². The van der Waals surface area contributed by atoms with E-state index in [1.165, 1.54) is 10.9 Å². The first-order valence-electron chi connectivity index (χ1n) is 4.11. The second kappa shape index (κ2) is 3.61. The van der Waals surface area contributed by atoms with Gasteiger partial charge in [0.15, 0.2) is 6.10 Å². The van der Waals surface area contributed by atoms with Gasteiger partial charge < -0.3 is 5.11 Å². The Morgan fingerprint density at radius 3 is 2.36 bits per heavy atom. The molecule has 1 heterocycles. The molecule has 6 heteroatoms. The monoisotopic (exact) mass is 208 g/mol. The SMILES string of the molecule is CC(C)n1cc([C@H](O)C(F)(F)F)cn1. The topological polar surface area (TPSA) is 38.0 Å². The van der Waals surface area contributed by atoms with Gasteiger partial charge >= 0.3 is 6.18 Å². The fourth-order valence-electron chi connectivity index (χ4n) is 0.965. The summed E-state index contributed by atoms with van der Waals surface area (Å²) in [5, 5.41) is 12.6. The standard InChI is InChI=1S/C8H11F3N2O/c1-5(2)13-4-6(3-12-13)7(14)8(9,10)11/h3-5,7,14H,1-2H3/t7-/m0/s1. The second-order valence-corrected chi connectivity index (χ2v) is 3.29.